The summed E-state index contributed by atoms with van der Waals surface area (Å²) < 4.78 is 41.2. The molecule has 1 rings (SSSR count). The molecule has 1 aromatic rings. The van der Waals surface area contributed by atoms with Gasteiger partial charge < -0.3 is 14.7 Å². The van der Waals surface area contributed by atoms with Crippen LogP contribution in [0.1, 0.15) is 12.0 Å². The fourth-order valence-corrected chi connectivity index (χ4v) is 1.59. The Hall–Kier alpha value is -1.47. The number of nitrogens with zero attached hydrogens (tertiary/aromatic N) is 1. The summed E-state index contributed by atoms with van der Waals surface area (Å²) in [7, 11) is 1.70. The van der Waals surface area contributed by atoms with Crippen molar-refractivity contribution in [1.82, 2.24) is 4.90 Å². The molecule has 1 N–H and O–H groups in total. The van der Waals surface area contributed by atoms with E-state index in [9.17, 15) is 18.0 Å². The maximum absolute atomic E-state index is 12.1. The van der Waals surface area contributed by atoms with Gasteiger partial charge in [-0.3, -0.25) is 4.79 Å². The molecule has 1 aromatic carbocycles. The van der Waals surface area contributed by atoms with Crippen LogP contribution in [0, 0.1) is 0 Å². The normalized spacial score (nSPS) is 11.1. The highest BCUT2D eigenvalue weighted by atomic mass is 35.5. The van der Waals surface area contributed by atoms with Crippen LogP contribution in [-0.4, -0.2) is 42.4 Å². The van der Waals surface area contributed by atoms with Crippen LogP contribution in [0.25, 0.3) is 0 Å². The van der Waals surface area contributed by atoms with Gasteiger partial charge >= 0.3 is 12.1 Å². The molecule has 0 saturated heterocycles. The summed E-state index contributed by atoms with van der Waals surface area (Å²) in [4.78, 5) is 12.2. The number of ether oxygens (including phenoxy) is 1. The van der Waals surface area contributed by atoms with Crippen LogP contribution < -0.4 is 4.74 Å². The summed E-state index contributed by atoms with van der Waals surface area (Å²) in [6.07, 6.45) is -4.41. The van der Waals surface area contributed by atoms with E-state index in [1.54, 1.807) is 30.1 Å². The number of para-hydroxylation sites is 1. The van der Waals surface area contributed by atoms with Crippen LogP contribution in [0.15, 0.2) is 24.3 Å². The fraction of sp³-hybridized carbons (Fsp3) is 0.462. The van der Waals surface area contributed by atoms with Crippen molar-refractivity contribution in [3.8, 4) is 5.75 Å². The summed E-state index contributed by atoms with van der Waals surface area (Å²) in [5, 5.41) is 8.58. The molecule has 0 aromatic heterocycles. The van der Waals surface area contributed by atoms with Crippen LogP contribution in [0.2, 0.25) is 0 Å². The van der Waals surface area contributed by atoms with Crippen LogP contribution in [-0.2, 0) is 11.3 Å². The summed E-state index contributed by atoms with van der Waals surface area (Å²) in [5.74, 6) is -0.759. The first-order chi connectivity index (χ1) is 9.28. The molecule has 4 nitrogen and oxygen atoms in total. The third kappa shape index (κ3) is 8.41. The largest absolute Gasteiger partial charge is 0.484 e. The van der Waals surface area contributed by atoms with Crippen molar-refractivity contribution < 1.29 is 27.8 Å². The Kier molecular flexibility index (Phi) is 8.12. The molecule has 0 aliphatic heterocycles. The highest BCUT2D eigenvalue weighted by molar-refractivity contribution is 5.85. The van der Waals surface area contributed by atoms with Gasteiger partial charge in [0.1, 0.15) is 5.75 Å². The second-order valence-corrected chi connectivity index (χ2v) is 4.39. The van der Waals surface area contributed by atoms with Crippen molar-refractivity contribution >= 4 is 18.4 Å². The van der Waals surface area contributed by atoms with Crippen LogP contribution in [0.3, 0.4) is 0 Å². The van der Waals surface area contributed by atoms with Gasteiger partial charge in [0.25, 0.3) is 0 Å². The number of carboxylic acids is 1. The van der Waals surface area contributed by atoms with Gasteiger partial charge in [-0.25, -0.2) is 0 Å². The second-order valence-electron chi connectivity index (χ2n) is 4.39. The number of aliphatic carboxylic acids is 1. The van der Waals surface area contributed by atoms with E-state index in [1.165, 1.54) is 6.07 Å². The monoisotopic (exact) mass is 327 g/mol. The van der Waals surface area contributed by atoms with Crippen LogP contribution in [0.4, 0.5) is 13.2 Å². The Morgan fingerprint density at radius 2 is 1.95 bits per heavy atom. The Morgan fingerprint density at radius 1 is 1.33 bits per heavy atom. The third-order valence-corrected chi connectivity index (χ3v) is 2.51. The number of alkyl halides is 3. The van der Waals surface area contributed by atoms with E-state index >= 15 is 0 Å². The zero-order valence-electron chi connectivity index (χ0n) is 11.4. The van der Waals surface area contributed by atoms with E-state index in [1.807, 2.05) is 0 Å². The molecule has 0 fully saturated rings. The fourth-order valence-electron chi connectivity index (χ4n) is 1.59. The van der Waals surface area contributed by atoms with Gasteiger partial charge in [-0.05, 0) is 13.1 Å². The van der Waals surface area contributed by atoms with Gasteiger partial charge in [-0.15, -0.1) is 12.4 Å². The summed E-state index contributed by atoms with van der Waals surface area (Å²) in [5.41, 5.74) is 0.588. The number of carboxylic acid groups (broad SMARTS) is 1. The maximum Gasteiger partial charge on any atom is 0.422 e. The zero-order valence-corrected chi connectivity index (χ0v) is 12.2. The van der Waals surface area contributed by atoms with Gasteiger partial charge in [0.05, 0.1) is 6.42 Å². The first-order valence-corrected chi connectivity index (χ1v) is 5.96. The quantitative estimate of drug-likeness (QED) is 0.836. The lowest BCUT2D eigenvalue weighted by Crippen LogP contribution is -2.23. The maximum atomic E-state index is 12.1. The molecule has 0 bridgehead atoms. The van der Waals surface area contributed by atoms with E-state index in [0.29, 0.717) is 18.7 Å². The van der Waals surface area contributed by atoms with Gasteiger partial charge in [0.15, 0.2) is 6.61 Å². The molecule has 0 amide bonds. The minimum Gasteiger partial charge on any atom is -0.484 e. The number of hydrogen-bond acceptors (Lipinski definition) is 3. The molecule has 0 spiro atoms. The highest BCUT2D eigenvalue weighted by Crippen LogP contribution is 2.23. The summed E-state index contributed by atoms with van der Waals surface area (Å²) >= 11 is 0. The van der Waals surface area contributed by atoms with Crippen molar-refractivity contribution in [3.63, 3.8) is 0 Å². The smallest absolute Gasteiger partial charge is 0.422 e. The Morgan fingerprint density at radius 3 is 2.52 bits per heavy atom. The molecule has 0 heterocycles. The topological polar surface area (TPSA) is 49.8 Å². The van der Waals surface area contributed by atoms with Gasteiger partial charge in [-0.2, -0.15) is 13.2 Å². The molecule has 21 heavy (non-hydrogen) atoms. The SMILES string of the molecule is CN(CCC(=O)O)Cc1ccccc1OCC(F)(F)F.Cl. The molecule has 0 saturated carbocycles. The molecule has 8 heteroatoms. The molecule has 0 aliphatic rings. The van der Waals surface area contributed by atoms with E-state index < -0.39 is 18.8 Å². The van der Waals surface area contributed by atoms with Crippen molar-refractivity contribution in [2.45, 2.75) is 19.1 Å². The molecule has 0 aliphatic carbocycles. The van der Waals surface area contributed by atoms with Crippen LogP contribution in [0.5, 0.6) is 5.75 Å². The molecule has 0 unspecified atom stereocenters. The predicted molar refractivity (Wildman–Crippen MR) is 73.8 cm³/mol. The lowest BCUT2D eigenvalue weighted by atomic mass is 10.2. The van der Waals surface area contributed by atoms with Gasteiger partial charge in [0, 0.05) is 18.7 Å². The Labute approximate surface area is 126 Å². The van der Waals surface area contributed by atoms with E-state index in [-0.39, 0.29) is 24.6 Å². The number of rotatable bonds is 7. The minimum atomic E-state index is -4.39. The van der Waals surface area contributed by atoms with Crippen molar-refractivity contribution in [2.75, 3.05) is 20.2 Å². The molecular formula is C13H17ClF3NO3. The zero-order chi connectivity index (χ0) is 15.2. The standard InChI is InChI=1S/C13H16F3NO3.ClH/c1-17(7-6-12(18)19)8-10-4-2-3-5-11(10)20-9-13(14,15)16;/h2-5H,6-9H2,1H3,(H,18,19);1H. The van der Waals surface area contributed by atoms with E-state index in [2.05, 4.69) is 0 Å². The van der Waals surface area contributed by atoms with E-state index in [0.717, 1.165) is 0 Å². The average Bonchev–Trinajstić information content (AvgIpc) is 2.34. The van der Waals surface area contributed by atoms with E-state index in [4.69, 9.17) is 9.84 Å². The summed E-state index contributed by atoms with van der Waals surface area (Å²) in [6.45, 7) is -0.715. The first kappa shape index (κ1) is 19.5. The lowest BCUT2D eigenvalue weighted by Gasteiger charge is -2.18. The Balaban J connectivity index is 0.00000400. The van der Waals surface area contributed by atoms with Crippen molar-refractivity contribution in [2.24, 2.45) is 0 Å². The number of carbonyl (C=O) groups is 1. The third-order valence-electron chi connectivity index (χ3n) is 2.51. The number of hydrogen-bond donors (Lipinski definition) is 1. The molecule has 120 valence electrons. The first-order valence-electron chi connectivity index (χ1n) is 5.96. The van der Waals surface area contributed by atoms with Gasteiger partial charge in [-0.1, -0.05) is 18.2 Å². The molecular weight excluding hydrogens is 311 g/mol. The highest BCUT2D eigenvalue weighted by Gasteiger charge is 2.28. The van der Waals surface area contributed by atoms with Crippen LogP contribution >= 0.6 is 12.4 Å². The predicted octanol–water partition coefficient (Wildman–Crippen LogP) is 2.96. The second kappa shape index (κ2) is 8.74. The lowest BCUT2D eigenvalue weighted by molar-refractivity contribution is -0.153. The Bertz CT molecular complexity index is 455. The number of benzene rings is 1. The molecule has 0 radical (unpaired) electrons. The van der Waals surface area contributed by atoms with Crippen molar-refractivity contribution in [1.29, 1.82) is 0 Å². The molecule has 0 atom stereocenters. The average molecular weight is 328 g/mol. The van der Waals surface area contributed by atoms with Crippen molar-refractivity contribution in [3.05, 3.63) is 29.8 Å². The van der Waals surface area contributed by atoms with Gasteiger partial charge in [0.2, 0.25) is 0 Å². The minimum absolute atomic E-state index is 0. The number of halogens is 4. The summed E-state index contributed by atoms with van der Waals surface area (Å²) in [6, 6.07) is 6.41.